The zero-order valence-electron chi connectivity index (χ0n) is 10.9. The Hall–Kier alpha value is -1.06. The minimum atomic E-state index is -0.719. The van der Waals surface area contributed by atoms with Gasteiger partial charge in [-0.2, -0.15) is 0 Å². The lowest BCUT2D eigenvalue weighted by atomic mass is 9.81. The van der Waals surface area contributed by atoms with Crippen LogP contribution in [0.5, 0.6) is 5.75 Å². The number of para-hydroxylation sites is 1. The van der Waals surface area contributed by atoms with Crippen LogP contribution in [0.2, 0.25) is 0 Å². The number of hydrogen-bond donors (Lipinski definition) is 2. The smallest absolute Gasteiger partial charge is 0.125 e. The third kappa shape index (κ3) is 2.02. The van der Waals surface area contributed by atoms with Crippen LogP contribution in [0.15, 0.2) is 24.3 Å². The van der Waals surface area contributed by atoms with Gasteiger partial charge in [-0.15, -0.1) is 0 Å². The summed E-state index contributed by atoms with van der Waals surface area (Å²) in [7, 11) is 0. The molecule has 2 N–H and O–H groups in total. The molecule has 2 saturated heterocycles. The topological polar surface area (TPSA) is 41.5 Å². The molecule has 0 aromatic heterocycles. The first-order chi connectivity index (χ1) is 8.71. The first-order valence-electron chi connectivity index (χ1n) is 6.92. The molecule has 2 unspecified atom stereocenters. The van der Waals surface area contributed by atoms with E-state index in [9.17, 15) is 5.11 Å². The molecule has 3 heteroatoms. The summed E-state index contributed by atoms with van der Waals surface area (Å²) >= 11 is 0. The SMILES string of the molecule is CCOc1ccccc1C1(O)CC2CCC(C1)N2. The van der Waals surface area contributed by atoms with Gasteiger partial charge in [-0.3, -0.25) is 0 Å². The normalized spacial score (nSPS) is 34.6. The van der Waals surface area contributed by atoms with Crippen molar-refractivity contribution in [1.82, 2.24) is 5.32 Å². The molecule has 1 aromatic rings. The van der Waals surface area contributed by atoms with Gasteiger partial charge in [0.2, 0.25) is 0 Å². The van der Waals surface area contributed by atoms with Crippen molar-refractivity contribution in [3.63, 3.8) is 0 Å². The fourth-order valence-corrected chi connectivity index (χ4v) is 3.48. The summed E-state index contributed by atoms with van der Waals surface area (Å²) in [5.41, 5.74) is 0.244. The van der Waals surface area contributed by atoms with Gasteiger partial charge in [0.05, 0.1) is 12.2 Å². The highest BCUT2D eigenvalue weighted by molar-refractivity contribution is 5.39. The number of fused-ring (bicyclic) bond motifs is 2. The summed E-state index contributed by atoms with van der Waals surface area (Å²) in [5.74, 6) is 0.837. The Morgan fingerprint density at radius 1 is 1.28 bits per heavy atom. The van der Waals surface area contributed by atoms with E-state index in [2.05, 4.69) is 5.32 Å². The summed E-state index contributed by atoms with van der Waals surface area (Å²) in [6.45, 7) is 2.62. The van der Waals surface area contributed by atoms with Crippen LogP contribution in [-0.4, -0.2) is 23.8 Å². The van der Waals surface area contributed by atoms with Crippen LogP contribution in [0.25, 0.3) is 0 Å². The largest absolute Gasteiger partial charge is 0.493 e. The van der Waals surface area contributed by atoms with Crippen LogP contribution in [0.4, 0.5) is 0 Å². The number of ether oxygens (including phenoxy) is 1. The standard InChI is InChI=1S/C15H21NO2/c1-2-18-14-6-4-3-5-13(14)15(17)9-11-7-8-12(10-15)16-11/h3-6,11-12,16-17H,2,7-10H2,1H3. The van der Waals surface area contributed by atoms with E-state index in [4.69, 9.17) is 4.74 Å². The van der Waals surface area contributed by atoms with Crippen molar-refractivity contribution >= 4 is 0 Å². The fraction of sp³-hybridized carbons (Fsp3) is 0.600. The lowest BCUT2D eigenvalue weighted by molar-refractivity contribution is -0.0135. The van der Waals surface area contributed by atoms with Crippen LogP contribution in [-0.2, 0) is 5.60 Å². The van der Waals surface area contributed by atoms with Crippen molar-refractivity contribution in [3.8, 4) is 5.75 Å². The number of benzene rings is 1. The van der Waals surface area contributed by atoms with Gasteiger partial charge in [-0.25, -0.2) is 0 Å². The molecule has 0 saturated carbocycles. The van der Waals surface area contributed by atoms with Crippen molar-refractivity contribution in [2.24, 2.45) is 0 Å². The van der Waals surface area contributed by atoms with Gasteiger partial charge < -0.3 is 15.2 Å². The molecule has 98 valence electrons. The highest BCUT2D eigenvalue weighted by atomic mass is 16.5. The van der Waals surface area contributed by atoms with Crippen molar-refractivity contribution in [2.75, 3.05) is 6.61 Å². The molecular formula is C15H21NO2. The molecule has 2 aliphatic rings. The zero-order chi connectivity index (χ0) is 12.6. The van der Waals surface area contributed by atoms with E-state index >= 15 is 0 Å². The van der Waals surface area contributed by atoms with E-state index in [1.165, 1.54) is 12.8 Å². The predicted octanol–water partition coefficient (Wildman–Crippen LogP) is 2.19. The van der Waals surface area contributed by atoms with E-state index in [-0.39, 0.29) is 0 Å². The molecule has 2 aliphatic heterocycles. The lowest BCUT2D eigenvalue weighted by Crippen LogP contribution is -2.46. The number of rotatable bonds is 3. The molecule has 0 aliphatic carbocycles. The molecule has 0 radical (unpaired) electrons. The molecule has 2 heterocycles. The highest BCUT2D eigenvalue weighted by Crippen LogP contribution is 2.43. The Kier molecular flexibility index (Phi) is 3.04. The number of piperidine rings is 1. The van der Waals surface area contributed by atoms with Crippen LogP contribution in [0, 0.1) is 0 Å². The molecule has 2 fully saturated rings. The van der Waals surface area contributed by atoms with E-state index in [1.54, 1.807) is 0 Å². The molecule has 2 atom stereocenters. The third-order valence-corrected chi connectivity index (χ3v) is 4.19. The van der Waals surface area contributed by atoms with Gasteiger partial charge in [-0.1, -0.05) is 18.2 Å². The molecule has 3 nitrogen and oxygen atoms in total. The Bertz CT molecular complexity index is 420. The van der Waals surface area contributed by atoms with Crippen molar-refractivity contribution in [3.05, 3.63) is 29.8 Å². The van der Waals surface area contributed by atoms with E-state index < -0.39 is 5.60 Å². The summed E-state index contributed by atoms with van der Waals surface area (Å²) in [5, 5.41) is 14.6. The maximum atomic E-state index is 11.0. The zero-order valence-corrected chi connectivity index (χ0v) is 10.9. The van der Waals surface area contributed by atoms with Gasteiger partial charge in [0.1, 0.15) is 5.75 Å². The molecule has 18 heavy (non-hydrogen) atoms. The second-order valence-electron chi connectivity index (χ2n) is 5.51. The van der Waals surface area contributed by atoms with Crippen LogP contribution >= 0.6 is 0 Å². The Balaban J connectivity index is 1.93. The third-order valence-electron chi connectivity index (χ3n) is 4.19. The molecule has 2 bridgehead atoms. The monoisotopic (exact) mass is 247 g/mol. The van der Waals surface area contributed by atoms with Crippen LogP contribution < -0.4 is 10.1 Å². The number of nitrogens with one attached hydrogen (secondary N) is 1. The predicted molar refractivity (Wildman–Crippen MR) is 70.7 cm³/mol. The second kappa shape index (κ2) is 4.56. The Morgan fingerprint density at radius 3 is 2.61 bits per heavy atom. The number of hydrogen-bond acceptors (Lipinski definition) is 3. The summed E-state index contributed by atoms with van der Waals surface area (Å²) in [6, 6.07) is 8.84. The van der Waals surface area contributed by atoms with Gasteiger partial charge in [0, 0.05) is 17.6 Å². The van der Waals surface area contributed by atoms with Crippen molar-refractivity contribution < 1.29 is 9.84 Å². The van der Waals surface area contributed by atoms with Crippen LogP contribution in [0.1, 0.15) is 38.2 Å². The lowest BCUT2D eigenvalue weighted by Gasteiger charge is -2.38. The molecule has 3 rings (SSSR count). The minimum Gasteiger partial charge on any atom is -0.493 e. The van der Waals surface area contributed by atoms with E-state index in [1.807, 2.05) is 31.2 Å². The van der Waals surface area contributed by atoms with Crippen molar-refractivity contribution in [1.29, 1.82) is 0 Å². The molecule has 0 spiro atoms. The summed E-state index contributed by atoms with van der Waals surface area (Å²) in [6.07, 6.45) is 3.97. The van der Waals surface area contributed by atoms with Gasteiger partial charge in [0.15, 0.2) is 0 Å². The number of aliphatic hydroxyl groups is 1. The molecule has 0 amide bonds. The Morgan fingerprint density at radius 2 is 1.94 bits per heavy atom. The maximum absolute atomic E-state index is 11.0. The summed E-state index contributed by atoms with van der Waals surface area (Å²) in [4.78, 5) is 0. The quantitative estimate of drug-likeness (QED) is 0.860. The second-order valence-corrected chi connectivity index (χ2v) is 5.51. The minimum absolute atomic E-state index is 0.462. The Labute approximate surface area is 108 Å². The maximum Gasteiger partial charge on any atom is 0.125 e. The fourth-order valence-electron chi connectivity index (χ4n) is 3.48. The van der Waals surface area contributed by atoms with Gasteiger partial charge in [0.25, 0.3) is 0 Å². The molecular weight excluding hydrogens is 226 g/mol. The van der Waals surface area contributed by atoms with Crippen molar-refractivity contribution in [2.45, 2.75) is 50.3 Å². The highest BCUT2D eigenvalue weighted by Gasteiger charge is 2.44. The summed E-state index contributed by atoms with van der Waals surface area (Å²) < 4.78 is 5.67. The van der Waals surface area contributed by atoms with Gasteiger partial charge >= 0.3 is 0 Å². The average molecular weight is 247 g/mol. The first-order valence-corrected chi connectivity index (χ1v) is 6.92. The van der Waals surface area contributed by atoms with E-state index in [0.717, 1.165) is 24.2 Å². The van der Waals surface area contributed by atoms with Gasteiger partial charge in [-0.05, 0) is 38.7 Å². The van der Waals surface area contributed by atoms with E-state index in [0.29, 0.717) is 18.7 Å². The van der Waals surface area contributed by atoms with Crippen LogP contribution in [0.3, 0.4) is 0 Å². The average Bonchev–Trinajstić information content (AvgIpc) is 2.70. The first kappa shape index (κ1) is 12.0. The molecule has 1 aromatic carbocycles.